The molecular weight excluding hydrogens is 424 g/mol. The van der Waals surface area contributed by atoms with Crippen LogP contribution in [0, 0.1) is 0 Å². The number of fused-ring (bicyclic) bond motifs is 3. The predicted molar refractivity (Wildman–Crippen MR) is 121 cm³/mol. The molecule has 1 atom stereocenters. The minimum atomic E-state index is -1.88. The lowest BCUT2D eigenvalue weighted by Crippen LogP contribution is -2.67. The van der Waals surface area contributed by atoms with E-state index in [2.05, 4.69) is 17.4 Å². The van der Waals surface area contributed by atoms with Crippen molar-refractivity contribution < 1.29 is 29.3 Å². The van der Waals surface area contributed by atoms with Gasteiger partial charge >= 0.3 is 12.1 Å². The molecule has 1 aliphatic heterocycles. The molecule has 174 valence electrons. The summed E-state index contributed by atoms with van der Waals surface area (Å²) in [7, 11) is 0. The number of rotatable bonds is 8. The lowest BCUT2D eigenvalue weighted by atomic mass is 9.93. The fraction of sp³-hybridized carbons (Fsp3) is 0.400. The molecule has 4 rings (SSSR count). The number of β-amino-alcohol motifs (C(OH)–C–C–N with tert-alkyl or cyclic N) is 1. The maximum atomic E-state index is 12.6. The van der Waals surface area contributed by atoms with E-state index in [1.54, 1.807) is 0 Å². The van der Waals surface area contributed by atoms with Crippen molar-refractivity contribution in [1.29, 1.82) is 0 Å². The second-order valence-corrected chi connectivity index (χ2v) is 8.75. The first-order chi connectivity index (χ1) is 15.8. The van der Waals surface area contributed by atoms with E-state index < -0.39 is 23.7 Å². The highest BCUT2D eigenvalue weighted by molar-refractivity contribution is 5.85. The number of benzene rings is 2. The molecule has 1 aliphatic carbocycles. The Bertz CT molecular complexity index is 1020. The molecule has 8 heteroatoms. The third-order valence-corrected chi connectivity index (χ3v) is 6.38. The van der Waals surface area contributed by atoms with Crippen LogP contribution in [0.3, 0.4) is 0 Å². The highest BCUT2D eigenvalue weighted by Gasteiger charge is 2.50. The lowest BCUT2D eigenvalue weighted by Gasteiger charge is -2.43. The molecule has 0 aromatic heterocycles. The van der Waals surface area contributed by atoms with Crippen molar-refractivity contribution in [1.82, 2.24) is 10.2 Å². The van der Waals surface area contributed by atoms with Crippen molar-refractivity contribution in [2.45, 2.75) is 43.7 Å². The minimum absolute atomic E-state index is 0.0216. The highest BCUT2D eigenvalue weighted by atomic mass is 16.5. The predicted octanol–water partition coefficient (Wildman–Crippen LogP) is 2.74. The van der Waals surface area contributed by atoms with Gasteiger partial charge in [0.15, 0.2) is 5.60 Å². The Hall–Kier alpha value is -3.39. The Morgan fingerprint density at radius 1 is 1.09 bits per heavy atom. The van der Waals surface area contributed by atoms with Crippen LogP contribution in [0.5, 0.6) is 0 Å². The van der Waals surface area contributed by atoms with Crippen LogP contribution in [0.1, 0.15) is 43.2 Å². The number of aliphatic carboxylic acids is 1. The van der Waals surface area contributed by atoms with Crippen molar-refractivity contribution >= 4 is 18.0 Å². The van der Waals surface area contributed by atoms with Crippen molar-refractivity contribution in [2.75, 3.05) is 19.7 Å². The number of hydrogen-bond acceptors (Lipinski definition) is 5. The molecule has 0 unspecified atom stereocenters. The maximum Gasteiger partial charge on any atom is 0.407 e. The molecule has 3 N–H and O–H groups in total. The van der Waals surface area contributed by atoms with E-state index in [1.807, 2.05) is 43.3 Å². The second-order valence-electron chi connectivity index (χ2n) is 8.75. The third-order valence-electron chi connectivity index (χ3n) is 6.38. The summed E-state index contributed by atoms with van der Waals surface area (Å²) in [4.78, 5) is 37.3. The zero-order valence-corrected chi connectivity index (χ0v) is 18.5. The first kappa shape index (κ1) is 22.8. The molecule has 8 nitrogen and oxygen atoms in total. The van der Waals surface area contributed by atoms with Crippen molar-refractivity contribution in [3.63, 3.8) is 0 Å². The van der Waals surface area contributed by atoms with Gasteiger partial charge in [-0.3, -0.25) is 4.79 Å². The number of ether oxygens (including phenoxy) is 1. The van der Waals surface area contributed by atoms with Crippen LogP contribution in [0.25, 0.3) is 11.1 Å². The van der Waals surface area contributed by atoms with Crippen LogP contribution < -0.4 is 5.32 Å². The van der Waals surface area contributed by atoms with E-state index in [0.717, 1.165) is 28.7 Å². The van der Waals surface area contributed by atoms with Gasteiger partial charge in [0.25, 0.3) is 0 Å². The number of carboxylic acid groups (broad SMARTS) is 1. The molecule has 0 bridgehead atoms. The zero-order valence-electron chi connectivity index (χ0n) is 18.5. The van der Waals surface area contributed by atoms with Gasteiger partial charge in [0.1, 0.15) is 6.61 Å². The van der Waals surface area contributed by atoms with Crippen molar-refractivity contribution in [3.8, 4) is 11.1 Å². The zero-order chi connectivity index (χ0) is 23.6. The topological polar surface area (TPSA) is 116 Å². The average molecular weight is 453 g/mol. The van der Waals surface area contributed by atoms with Crippen LogP contribution in [0.15, 0.2) is 48.5 Å². The number of aliphatic hydroxyl groups is 1. The van der Waals surface area contributed by atoms with Gasteiger partial charge in [0, 0.05) is 18.4 Å². The molecule has 1 fully saturated rings. The van der Waals surface area contributed by atoms with E-state index in [-0.39, 0.29) is 37.9 Å². The second kappa shape index (κ2) is 9.23. The van der Waals surface area contributed by atoms with Gasteiger partial charge in [-0.15, -0.1) is 0 Å². The van der Waals surface area contributed by atoms with E-state index in [0.29, 0.717) is 6.42 Å². The third kappa shape index (κ3) is 4.57. The summed E-state index contributed by atoms with van der Waals surface area (Å²) in [5, 5.41) is 21.6. The number of hydrogen-bond donors (Lipinski definition) is 3. The Morgan fingerprint density at radius 3 is 2.21 bits per heavy atom. The van der Waals surface area contributed by atoms with Crippen molar-refractivity contribution in [2.24, 2.45) is 0 Å². The summed E-state index contributed by atoms with van der Waals surface area (Å²) in [6.07, 6.45) is 0.759. The van der Waals surface area contributed by atoms with Crippen LogP contribution >= 0.6 is 0 Å². The number of alkyl carbamates (subject to hydrolysis) is 1. The van der Waals surface area contributed by atoms with Gasteiger partial charge in [0.05, 0.1) is 13.1 Å². The summed E-state index contributed by atoms with van der Waals surface area (Å²) in [6.45, 7) is 1.64. The van der Waals surface area contributed by atoms with E-state index >= 15 is 0 Å². The Labute approximate surface area is 192 Å². The Morgan fingerprint density at radius 2 is 1.67 bits per heavy atom. The average Bonchev–Trinajstić information content (AvgIpc) is 3.09. The SMILES string of the molecule is CCC[C@H](CC(=O)N1CC(O)(C(=O)O)C1)NC(=O)OCC1c2ccccc2-c2ccccc21. The van der Waals surface area contributed by atoms with Gasteiger partial charge in [0.2, 0.25) is 5.91 Å². The number of carbonyl (C=O) groups excluding carboxylic acids is 2. The standard InChI is InChI=1S/C25H28N2O6/c1-2-7-16(12-22(28)27-14-25(32,15-27)23(29)30)26-24(31)33-13-21-19-10-5-3-8-17(19)18-9-4-6-11-20(18)21/h3-6,8-11,16,21,32H,2,7,12-15H2,1H3,(H,26,31)(H,29,30)/t16-/m1/s1. The first-order valence-electron chi connectivity index (χ1n) is 11.2. The quantitative estimate of drug-likeness (QED) is 0.567. The smallest absolute Gasteiger partial charge is 0.407 e. The maximum absolute atomic E-state index is 12.6. The normalized spacial score (nSPS) is 16.8. The molecule has 1 saturated heterocycles. The molecule has 1 heterocycles. The van der Waals surface area contributed by atoms with E-state index in [9.17, 15) is 19.5 Å². The van der Waals surface area contributed by atoms with Gasteiger partial charge in [-0.05, 0) is 28.7 Å². The summed E-state index contributed by atoms with van der Waals surface area (Å²) >= 11 is 0. The molecule has 0 spiro atoms. The largest absolute Gasteiger partial charge is 0.479 e. The molecule has 2 aliphatic rings. The van der Waals surface area contributed by atoms with Crippen LogP contribution in [-0.2, 0) is 14.3 Å². The number of carboxylic acids is 1. The van der Waals surface area contributed by atoms with Gasteiger partial charge < -0.3 is 25.2 Å². The van der Waals surface area contributed by atoms with Gasteiger partial charge in [-0.1, -0.05) is 61.9 Å². The fourth-order valence-electron chi connectivity index (χ4n) is 4.62. The Kier molecular flexibility index (Phi) is 6.37. The van der Waals surface area contributed by atoms with Gasteiger partial charge in [-0.25, -0.2) is 9.59 Å². The molecule has 33 heavy (non-hydrogen) atoms. The highest BCUT2D eigenvalue weighted by Crippen LogP contribution is 2.44. The van der Waals surface area contributed by atoms with Crippen LogP contribution in [-0.4, -0.2) is 64.4 Å². The lowest BCUT2D eigenvalue weighted by molar-refractivity contribution is -0.182. The summed E-state index contributed by atoms with van der Waals surface area (Å²) < 4.78 is 5.57. The summed E-state index contributed by atoms with van der Waals surface area (Å²) in [6, 6.07) is 15.7. The first-order valence-corrected chi connectivity index (χ1v) is 11.2. The molecular formula is C25H28N2O6. The molecule has 2 aromatic rings. The number of nitrogens with one attached hydrogen (secondary N) is 1. The monoisotopic (exact) mass is 452 g/mol. The molecule has 0 saturated carbocycles. The number of likely N-dealkylation sites (tertiary alicyclic amines) is 1. The number of amides is 2. The molecule has 2 amide bonds. The summed E-state index contributed by atoms with van der Waals surface area (Å²) in [5.74, 6) is -1.70. The van der Waals surface area contributed by atoms with Crippen LogP contribution in [0.4, 0.5) is 4.79 Å². The van der Waals surface area contributed by atoms with E-state index in [1.165, 1.54) is 4.90 Å². The molecule has 0 radical (unpaired) electrons. The van der Waals surface area contributed by atoms with Gasteiger partial charge in [-0.2, -0.15) is 0 Å². The molecule has 2 aromatic carbocycles. The van der Waals surface area contributed by atoms with E-state index in [4.69, 9.17) is 9.84 Å². The Balaban J connectivity index is 1.34. The fourth-order valence-corrected chi connectivity index (χ4v) is 4.62. The number of carbonyl (C=O) groups is 3. The van der Waals surface area contributed by atoms with Crippen LogP contribution in [0.2, 0.25) is 0 Å². The minimum Gasteiger partial charge on any atom is -0.479 e. The number of nitrogens with zero attached hydrogens (tertiary/aromatic N) is 1. The van der Waals surface area contributed by atoms with Crippen molar-refractivity contribution in [3.05, 3.63) is 59.7 Å². The summed E-state index contributed by atoms with van der Waals surface area (Å²) in [5.41, 5.74) is 2.65.